The zero-order valence-corrected chi connectivity index (χ0v) is 18.9. The Labute approximate surface area is 187 Å². The zero-order valence-electron chi connectivity index (χ0n) is 18.2. The second-order valence-corrected chi connectivity index (χ2v) is 7.41. The quantitative estimate of drug-likeness (QED) is 0.543. The van der Waals surface area contributed by atoms with E-state index in [0.717, 1.165) is 23.5 Å². The van der Waals surface area contributed by atoms with E-state index in [1.165, 1.54) is 14.2 Å². The van der Waals surface area contributed by atoms with Gasteiger partial charge >= 0.3 is 0 Å². The summed E-state index contributed by atoms with van der Waals surface area (Å²) < 4.78 is 22.0. The maximum Gasteiger partial charge on any atom is 0.187 e. The fourth-order valence-electron chi connectivity index (χ4n) is 3.42. The van der Waals surface area contributed by atoms with E-state index in [0.29, 0.717) is 35.3 Å². The van der Waals surface area contributed by atoms with Gasteiger partial charge in [0.05, 0.1) is 31.5 Å². The number of carbonyl (C=O) groups excluding carboxylic acids is 1. The van der Waals surface area contributed by atoms with Crippen molar-refractivity contribution >= 4 is 29.3 Å². The molecule has 8 heteroatoms. The van der Waals surface area contributed by atoms with Gasteiger partial charge in [0, 0.05) is 19.9 Å². The van der Waals surface area contributed by atoms with Crippen LogP contribution in [-0.2, 0) is 9.53 Å². The Morgan fingerprint density at radius 2 is 2.10 bits per heavy atom. The molecule has 0 amide bonds. The summed E-state index contributed by atoms with van der Waals surface area (Å²) in [5, 5.41) is 0.404. The lowest BCUT2D eigenvalue weighted by Crippen LogP contribution is -2.29. The van der Waals surface area contributed by atoms with Crippen LogP contribution in [0.5, 0.6) is 17.2 Å². The molecule has 3 rings (SSSR count). The Kier molecular flexibility index (Phi) is 7.76. The number of ketones is 1. The fraction of sp³-hybridized carbons (Fsp3) is 0.391. The number of hydrogen-bond donors (Lipinski definition) is 0. The summed E-state index contributed by atoms with van der Waals surface area (Å²) in [5.74, 6) is 1.56. The van der Waals surface area contributed by atoms with Gasteiger partial charge in [0.1, 0.15) is 25.0 Å². The third-order valence-electron chi connectivity index (χ3n) is 4.95. The molecule has 166 valence electrons. The lowest BCUT2D eigenvalue weighted by Gasteiger charge is -2.28. The van der Waals surface area contributed by atoms with E-state index in [-0.39, 0.29) is 12.3 Å². The number of benzene rings is 2. The highest BCUT2D eigenvalue weighted by atomic mass is 35.5. The molecule has 0 N–H and O–H groups in total. The molecule has 1 atom stereocenters. The number of ether oxygens (including phenoxy) is 4. The third kappa shape index (κ3) is 5.29. The highest BCUT2D eigenvalue weighted by molar-refractivity contribution is 6.32. The number of anilines is 1. The average molecular weight is 447 g/mol. The Balaban J connectivity index is 1.75. The van der Waals surface area contributed by atoms with Crippen LogP contribution in [0.4, 0.5) is 5.69 Å². The van der Waals surface area contributed by atoms with Crippen LogP contribution in [0.3, 0.4) is 0 Å². The van der Waals surface area contributed by atoms with Crippen molar-refractivity contribution in [2.24, 2.45) is 4.99 Å². The molecule has 31 heavy (non-hydrogen) atoms. The van der Waals surface area contributed by atoms with Gasteiger partial charge in [-0.25, -0.2) is 0 Å². The first-order chi connectivity index (χ1) is 15.0. The average Bonchev–Trinajstić information content (AvgIpc) is 2.76. The molecule has 2 aromatic carbocycles. The molecule has 7 nitrogen and oxygen atoms in total. The van der Waals surface area contributed by atoms with Gasteiger partial charge in [0.25, 0.3) is 0 Å². The molecule has 0 radical (unpaired) electrons. The van der Waals surface area contributed by atoms with Gasteiger partial charge in [-0.2, -0.15) is 0 Å². The Bertz CT molecular complexity index is 963. The minimum absolute atomic E-state index is 0.0333. The smallest absolute Gasteiger partial charge is 0.187 e. The van der Waals surface area contributed by atoms with Gasteiger partial charge in [0.2, 0.25) is 0 Å². The van der Waals surface area contributed by atoms with E-state index < -0.39 is 6.10 Å². The minimum atomic E-state index is -0.711. The van der Waals surface area contributed by atoms with E-state index in [4.69, 9.17) is 30.5 Å². The van der Waals surface area contributed by atoms with Crippen molar-refractivity contribution in [2.45, 2.75) is 13.0 Å². The summed E-state index contributed by atoms with van der Waals surface area (Å²) >= 11 is 6.23. The normalized spacial score (nSPS) is 14.2. The SMILES string of the molecule is CCOC(C(=O)CN=Cc1cc(Cl)c(OC)c(OC)c1)c1ccc2c(c1)OCCN2C. The summed E-state index contributed by atoms with van der Waals surface area (Å²) in [6, 6.07) is 9.18. The Morgan fingerprint density at radius 1 is 1.29 bits per heavy atom. The van der Waals surface area contributed by atoms with Crippen LogP contribution in [0.15, 0.2) is 35.3 Å². The standard InChI is InChI=1S/C23H27ClN2O5/c1-5-30-22(16-6-7-18-20(12-16)31-9-8-26(18)2)19(27)14-25-13-15-10-17(24)23(29-4)21(11-15)28-3/h6-7,10-13,22H,5,8-9,14H2,1-4H3. The zero-order chi connectivity index (χ0) is 22.4. The molecule has 1 aliphatic heterocycles. The van der Waals surface area contributed by atoms with E-state index in [1.54, 1.807) is 18.3 Å². The number of carbonyl (C=O) groups is 1. The molecule has 0 aliphatic carbocycles. The largest absolute Gasteiger partial charge is 0.493 e. The number of Topliss-reactive ketones (excluding diaryl/α,β-unsaturated/α-hetero) is 1. The predicted molar refractivity (Wildman–Crippen MR) is 122 cm³/mol. The maximum atomic E-state index is 12.9. The molecule has 0 fully saturated rings. The number of rotatable bonds is 9. The number of halogens is 1. The van der Waals surface area contributed by atoms with Crippen molar-refractivity contribution in [3.05, 3.63) is 46.5 Å². The second-order valence-electron chi connectivity index (χ2n) is 7.01. The van der Waals surface area contributed by atoms with Crippen LogP contribution in [0.25, 0.3) is 0 Å². The lowest BCUT2D eigenvalue weighted by atomic mass is 10.0. The van der Waals surface area contributed by atoms with Crippen LogP contribution < -0.4 is 19.1 Å². The number of methoxy groups -OCH3 is 2. The van der Waals surface area contributed by atoms with Crippen molar-refractivity contribution in [2.75, 3.05) is 52.5 Å². The minimum Gasteiger partial charge on any atom is -0.493 e. The molecule has 0 spiro atoms. The first kappa shape index (κ1) is 22.9. The Morgan fingerprint density at radius 3 is 2.81 bits per heavy atom. The van der Waals surface area contributed by atoms with Gasteiger partial charge in [-0.05, 0) is 42.3 Å². The van der Waals surface area contributed by atoms with E-state index >= 15 is 0 Å². The predicted octanol–water partition coefficient (Wildman–Crippen LogP) is 3.95. The van der Waals surface area contributed by atoms with Crippen LogP contribution >= 0.6 is 11.6 Å². The summed E-state index contributed by atoms with van der Waals surface area (Å²) in [6.45, 7) is 3.67. The van der Waals surface area contributed by atoms with Crippen molar-refractivity contribution in [3.63, 3.8) is 0 Å². The first-order valence-electron chi connectivity index (χ1n) is 10.0. The van der Waals surface area contributed by atoms with Gasteiger partial charge in [-0.15, -0.1) is 0 Å². The molecule has 1 unspecified atom stereocenters. The van der Waals surface area contributed by atoms with E-state index in [9.17, 15) is 4.79 Å². The van der Waals surface area contributed by atoms with Gasteiger partial charge in [-0.3, -0.25) is 9.79 Å². The highest BCUT2D eigenvalue weighted by Crippen LogP contribution is 2.36. The molecule has 0 bridgehead atoms. The monoisotopic (exact) mass is 446 g/mol. The summed E-state index contributed by atoms with van der Waals surface area (Å²) in [4.78, 5) is 19.3. The molecule has 0 aromatic heterocycles. The van der Waals surface area contributed by atoms with Crippen molar-refractivity contribution in [1.29, 1.82) is 0 Å². The van der Waals surface area contributed by atoms with Crippen LogP contribution in [0.2, 0.25) is 5.02 Å². The topological polar surface area (TPSA) is 69.6 Å². The van der Waals surface area contributed by atoms with Crippen molar-refractivity contribution in [1.82, 2.24) is 0 Å². The molecule has 0 saturated carbocycles. The number of aliphatic imine (C=N–C) groups is 1. The molecular formula is C23H27ClN2O5. The summed E-state index contributed by atoms with van der Waals surface area (Å²) in [7, 11) is 5.07. The van der Waals surface area contributed by atoms with Crippen molar-refractivity contribution in [3.8, 4) is 17.2 Å². The van der Waals surface area contributed by atoms with Crippen molar-refractivity contribution < 1.29 is 23.7 Å². The molecular weight excluding hydrogens is 420 g/mol. The van der Waals surface area contributed by atoms with E-state index in [2.05, 4.69) is 9.89 Å². The maximum absolute atomic E-state index is 12.9. The van der Waals surface area contributed by atoms with Gasteiger partial charge < -0.3 is 23.8 Å². The number of fused-ring (bicyclic) bond motifs is 1. The summed E-state index contributed by atoms with van der Waals surface area (Å²) in [5.41, 5.74) is 2.46. The van der Waals surface area contributed by atoms with Crippen LogP contribution in [0.1, 0.15) is 24.2 Å². The molecule has 1 aliphatic rings. The van der Waals surface area contributed by atoms with Crippen LogP contribution in [0, 0.1) is 0 Å². The van der Waals surface area contributed by atoms with E-state index in [1.807, 2.05) is 32.2 Å². The van der Waals surface area contributed by atoms with Gasteiger partial charge in [-0.1, -0.05) is 17.7 Å². The number of likely N-dealkylation sites (N-methyl/N-ethyl adjacent to an activating group) is 1. The number of hydrogen-bond acceptors (Lipinski definition) is 7. The fourth-order valence-corrected chi connectivity index (χ4v) is 3.71. The van der Waals surface area contributed by atoms with Crippen LogP contribution in [-0.4, -0.2) is 59.6 Å². The molecule has 0 saturated heterocycles. The highest BCUT2D eigenvalue weighted by Gasteiger charge is 2.23. The third-order valence-corrected chi connectivity index (χ3v) is 5.23. The number of nitrogens with zero attached hydrogens (tertiary/aromatic N) is 2. The Hall–Kier alpha value is -2.77. The lowest BCUT2D eigenvalue weighted by molar-refractivity contribution is -0.129. The van der Waals surface area contributed by atoms with Gasteiger partial charge in [0.15, 0.2) is 17.3 Å². The summed E-state index contributed by atoms with van der Waals surface area (Å²) in [6.07, 6.45) is 0.872. The molecule has 1 heterocycles. The first-order valence-corrected chi connectivity index (χ1v) is 10.4. The second kappa shape index (κ2) is 10.5. The molecule has 2 aromatic rings.